The number of rotatable bonds is 3. The number of fused-ring (bicyclic) bond motifs is 1. The van der Waals surface area contributed by atoms with E-state index in [0.29, 0.717) is 25.7 Å². The Morgan fingerprint density at radius 3 is 2.95 bits per heavy atom. The molecule has 2 N–H and O–H groups in total. The molecule has 0 spiro atoms. The number of hydrogen-bond donors (Lipinski definition) is 2. The highest BCUT2D eigenvalue weighted by atomic mass is 32.1. The molecule has 0 aromatic carbocycles. The van der Waals surface area contributed by atoms with E-state index in [1.807, 2.05) is 11.3 Å². The van der Waals surface area contributed by atoms with Gasteiger partial charge in [0.1, 0.15) is 6.04 Å². The van der Waals surface area contributed by atoms with Gasteiger partial charge >= 0.3 is 6.03 Å². The van der Waals surface area contributed by atoms with Crippen LogP contribution >= 0.6 is 11.3 Å². The minimum atomic E-state index is -0.218. The van der Waals surface area contributed by atoms with Gasteiger partial charge in [0.15, 0.2) is 6.67 Å². The molecule has 1 unspecified atom stereocenters. The van der Waals surface area contributed by atoms with E-state index in [1.54, 1.807) is 0 Å². The van der Waals surface area contributed by atoms with Crippen molar-refractivity contribution in [3.63, 3.8) is 0 Å². The highest BCUT2D eigenvalue weighted by Gasteiger charge is 2.44. The average Bonchev–Trinajstić information content (AvgIpc) is 3.19. The number of quaternary nitrogens is 1. The van der Waals surface area contributed by atoms with Crippen LogP contribution in [0.2, 0.25) is 0 Å². The first-order valence-electron chi connectivity index (χ1n) is 7.73. The molecular formula is C15H20N3O2S+. The van der Waals surface area contributed by atoms with Crippen LogP contribution in [-0.2, 0) is 11.2 Å². The standard InChI is InChI=1S/C15H19N3O2S/c19-13-3-6-16-15(20)18(13)9-17-7-4-12-11(5-8-21-12)14(17)10-1-2-10/h5,8,10,14H,1-4,6-7,9H2,(H,16,20)/p+1/t14-/m1/s1. The number of amides is 3. The molecule has 0 radical (unpaired) electrons. The fourth-order valence-electron chi connectivity index (χ4n) is 3.66. The van der Waals surface area contributed by atoms with Crippen LogP contribution in [-0.4, -0.2) is 36.6 Å². The van der Waals surface area contributed by atoms with Crippen LogP contribution in [0, 0.1) is 5.92 Å². The van der Waals surface area contributed by atoms with Crippen molar-refractivity contribution in [1.82, 2.24) is 10.2 Å². The Kier molecular flexibility index (Phi) is 3.23. The molecule has 6 heteroatoms. The minimum absolute atomic E-state index is 0.0306. The molecule has 5 nitrogen and oxygen atoms in total. The second kappa shape index (κ2) is 5.10. The molecule has 2 fully saturated rings. The largest absolute Gasteiger partial charge is 0.337 e. The van der Waals surface area contributed by atoms with Gasteiger partial charge in [-0.15, -0.1) is 11.3 Å². The molecule has 2 atom stereocenters. The number of imide groups is 1. The van der Waals surface area contributed by atoms with Crippen molar-refractivity contribution in [2.75, 3.05) is 19.8 Å². The number of urea groups is 1. The second-order valence-electron chi connectivity index (χ2n) is 6.23. The molecule has 1 aromatic heterocycles. The van der Waals surface area contributed by atoms with Crippen molar-refractivity contribution in [2.24, 2.45) is 5.92 Å². The Hall–Kier alpha value is -1.40. The molecule has 3 aliphatic rings. The maximum Gasteiger partial charge on any atom is 0.328 e. The first-order chi connectivity index (χ1) is 10.2. The summed E-state index contributed by atoms with van der Waals surface area (Å²) in [5, 5.41) is 4.96. The molecule has 2 aliphatic heterocycles. The Bertz CT molecular complexity index is 565. The van der Waals surface area contributed by atoms with Gasteiger partial charge in [-0.25, -0.2) is 9.69 Å². The summed E-state index contributed by atoms with van der Waals surface area (Å²) in [5.74, 6) is 0.702. The first-order valence-corrected chi connectivity index (χ1v) is 8.61. The van der Waals surface area contributed by atoms with Crippen LogP contribution in [0.3, 0.4) is 0 Å². The predicted octanol–water partition coefficient (Wildman–Crippen LogP) is 0.540. The van der Waals surface area contributed by atoms with E-state index in [-0.39, 0.29) is 11.9 Å². The fraction of sp³-hybridized carbons (Fsp3) is 0.600. The number of carbonyl (C=O) groups excluding carboxylic acids is 2. The minimum Gasteiger partial charge on any atom is -0.337 e. The number of thiophene rings is 1. The third-order valence-corrected chi connectivity index (χ3v) is 5.84. The van der Waals surface area contributed by atoms with Gasteiger partial charge < -0.3 is 10.2 Å². The van der Waals surface area contributed by atoms with Gasteiger partial charge in [0, 0.05) is 35.7 Å². The third-order valence-electron chi connectivity index (χ3n) is 4.84. The summed E-state index contributed by atoms with van der Waals surface area (Å²) in [6.45, 7) is 2.01. The molecule has 1 saturated heterocycles. The van der Waals surface area contributed by atoms with Crippen molar-refractivity contribution in [3.05, 3.63) is 21.9 Å². The highest BCUT2D eigenvalue weighted by molar-refractivity contribution is 7.10. The summed E-state index contributed by atoms with van der Waals surface area (Å²) in [6, 6.07) is 2.51. The molecule has 1 aromatic rings. The molecular weight excluding hydrogens is 286 g/mol. The van der Waals surface area contributed by atoms with Gasteiger partial charge in [0.25, 0.3) is 0 Å². The van der Waals surface area contributed by atoms with Crippen molar-refractivity contribution < 1.29 is 14.5 Å². The molecule has 3 amide bonds. The molecule has 1 saturated carbocycles. The van der Waals surface area contributed by atoms with Gasteiger partial charge in [-0.2, -0.15) is 0 Å². The van der Waals surface area contributed by atoms with E-state index in [9.17, 15) is 9.59 Å². The van der Waals surface area contributed by atoms with Crippen LogP contribution in [0.1, 0.15) is 35.7 Å². The van der Waals surface area contributed by atoms with E-state index in [0.717, 1.165) is 18.9 Å². The zero-order chi connectivity index (χ0) is 14.4. The van der Waals surface area contributed by atoms with Crippen molar-refractivity contribution in [3.8, 4) is 0 Å². The van der Waals surface area contributed by atoms with Crippen LogP contribution < -0.4 is 10.2 Å². The second-order valence-corrected chi connectivity index (χ2v) is 7.23. The van der Waals surface area contributed by atoms with Crippen molar-refractivity contribution in [1.29, 1.82) is 0 Å². The van der Waals surface area contributed by atoms with Gasteiger partial charge in [0.05, 0.1) is 6.54 Å². The van der Waals surface area contributed by atoms with Gasteiger partial charge in [-0.05, 0) is 24.3 Å². The Labute approximate surface area is 127 Å². The van der Waals surface area contributed by atoms with Crippen LogP contribution in [0.4, 0.5) is 4.79 Å². The quantitative estimate of drug-likeness (QED) is 0.856. The summed E-state index contributed by atoms with van der Waals surface area (Å²) in [5.41, 5.74) is 1.47. The number of nitrogens with zero attached hydrogens (tertiary/aromatic N) is 1. The Balaban J connectivity index is 1.57. The first kappa shape index (κ1) is 13.3. The van der Waals surface area contributed by atoms with Crippen LogP contribution in [0.15, 0.2) is 11.4 Å². The Morgan fingerprint density at radius 1 is 1.33 bits per heavy atom. The summed E-state index contributed by atoms with van der Waals surface area (Å²) in [4.78, 5) is 28.3. The van der Waals surface area contributed by atoms with Crippen molar-refractivity contribution >= 4 is 23.3 Å². The van der Waals surface area contributed by atoms with E-state index >= 15 is 0 Å². The lowest BCUT2D eigenvalue weighted by molar-refractivity contribution is -0.943. The zero-order valence-corrected chi connectivity index (χ0v) is 12.7. The lowest BCUT2D eigenvalue weighted by Crippen LogP contribution is -3.15. The van der Waals surface area contributed by atoms with Crippen molar-refractivity contribution in [2.45, 2.75) is 31.7 Å². The van der Waals surface area contributed by atoms with E-state index < -0.39 is 0 Å². The maximum atomic E-state index is 12.0. The average molecular weight is 306 g/mol. The summed E-state index contributed by atoms with van der Waals surface area (Å²) in [6.07, 6.45) is 4.05. The molecule has 21 heavy (non-hydrogen) atoms. The maximum absolute atomic E-state index is 12.0. The van der Waals surface area contributed by atoms with E-state index in [2.05, 4.69) is 16.8 Å². The summed E-state index contributed by atoms with van der Waals surface area (Å²) >= 11 is 1.85. The lowest BCUT2D eigenvalue weighted by Gasteiger charge is -2.36. The Morgan fingerprint density at radius 2 is 2.19 bits per heavy atom. The van der Waals surface area contributed by atoms with E-state index in [1.165, 1.54) is 33.1 Å². The summed E-state index contributed by atoms with van der Waals surface area (Å²) < 4.78 is 0. The topological polar surface area (TPSA) is 53.9 Å². The number of carbonyl (C=O) groups is 2. The zero-order valence-electron chi connectivity index (χ0n) is 11.9. The summed E-state index contributed by atoms with van der Waals surface area (Å²) in [7, 11) is 0. The molecule has 1 aliphatic carbocycles. The van der Waals surface area contributed by atoms with Crippen LogP contribution in [0.5, 0.6) is 0 Å². The smallest absolute Gasteiger partial charge is 0.328 e. The molecule has 112 valence electrons. The fourth-order valence-corrected chi connectivity index (χ4v) is 4.59. The third kappa shape index (κ3) is 2.36. The number of nitrogens with one attached hydrogen (secondary N) is 2. The number of hydrogen-bond acceptors (Lipinski definition) is 3. The van der Waals surface area contributed by atoms with Gasteiger partial charge in [-0.3, -0.25) is 4.79 Å². The lowest BCUT2D eigenvalue weighted by atomic mass is 9.96. The normalized spacial score (nSPS) is 29.2. The molecule has 4 rings (SSSR count). The SMILES string of the molecule is O=C1CCNC(=O)N1C[NH+]1CCc2sccc2[C@H]1C1CC1. The molecule has 0 bridgehead atoms. The van der Waals surface area contributed by atoms with Gasteiger partial charge in [-0.1, -0.05) is 0 Å². The predicted molar refractivity (Wildman–Crippen MR) is 79.0 cm³/mol. The highest BCUT2D eigenvalue weighted by Crippen LogP contribution is 2.42. The monoisotopic (exact) mass is 306 g/mol. The van der Waals surface area contributed by atoms with Crippen LogP contribution in [0.25, 0.3) is 0 Å². The van der Waals surface area contributed by atoms with Gasteiger partial charge in [0.2, 0.25) is 5.91 Å². The molecule has 3 heterocycles. The van der Waals surface area contributed by atoms with E-state index in [4.69, 9.17) is 0 Å².